The maximum atomic E-state index is 5.63. The molecule has 0 saturated carbocycles. The fraction of sp³-hybridized carbons (Fsp3) is 0.500. The second kappa shape index (κ2) is 5.97. The summed E-state index contributed by atoms with van der Waals surface area (Å²) in [4.78, 5) is 1.33. The Morgan fingerprint density at radius 3 is 2.21 bits per heavy atom. The van der Waals surface area contributed by atoms with Crippen LogP contribution in [0.5, 0.6) is 0 Å². The van der Waals surface area contributed by atoms with E-state index >= 15 is 0 Å². The third-order valence-corrected chi connectivity index (χ3v) is 3.76. The van der Waals surface area contributed by atoms with Gasteiger partial charge in [-0.15, -0.1) is 11.8 Å². The van der Waals surface area contributed by atoms with Crippen molar-refractivity contribution in [2.75, 3.05) is 11.5 Å². The number of benzene rings is 1. The molecule has 1 aromatic rings. The zero-order valence-corrected chi connectivity index (χ0v) is 9.81. The van der Waals surface area contributed by atoms with E-state index in [0.717, 1.165) is 11.6 Å². The summed E-state index contributed by atoms with van der Waals surface area (Å²) in [7, 11) is 0. The third kappa shape index (κ3) is 3.62. The largest absolute Gasteiger partial charge is 0.399 e. The van der Waals surface area contributed by atoms with Crippen LogP contribution >= 0.6 is 11.8 Å². The summed E-state index contributed by atoms with van der Waals surface area (Å²) in [6.07, 6.45) is 2.55. The molecule has 0 saturated heterocycles. The summed E-state index contributed by atoms with van der Waals surface area (Å²) < 4.78 is 0. The molecule has 2 N–H and O–H groups in total. The highest BCUT2D eigenvalue weighted by Crippen LogP contribution is 2.24. The Morgan fingerprint density at radius 1 is 1.14 bits per heavy atom. The molecule has 0 radical (unpaired) electrons. The van der Waals surface area contributed by atoms with Crippen molar-refractivity contribution >= 4 is 17.4 Å². The Hall–Kier alpha value is -0.630. The van der Waals surface area contributed by atoms with Gasteiger partial charge in [0.15, 0.2) is 0 Å². The van der Waals surface area contributed by atoms with Crippen LogP contribution < -0.4 is 5.73 Å². The molecule has 0 spiro atoms. The van der Waals surface area contributed by atoms with Gasteiger partial charge >= 0.3 is 0 Å². The highest BCUT2D eigenvalue weighted by molar-refractivity contribution is 7.99. The third-order valence-electron chi connectivity index (χ3n) is 2.52. The van der Waals surface area contributed by atoms with E-state index in [1.54, 1.807) is 0 Å². The molecule has 0 aliphatic rings. The smallest absolute Gasteiger partial charge is 0.0314 e. The van der Waals surface area contributed by atoms with Crippen molar-refractivity contribution in [2.24, 2.45) is 5.92 Å². The number of thioether (sulfide) groups is 1. The van der Waals surface area contributed by atoms with Crippen LogP contribution in [0.3, 0.4) is 0 Å². The van der Waals surface area contributed by atoms with Gasteiger partial charge in [0.05, 0.1) is 0 Å². The van der Waals surface area contributed by atoms with Crippen molar-refractivity contribution in [1.29, 1.82) is 0 Å². The van der Waals surface area contributed by atoms with Gasteiger partial charge in [-0.1, -0.05) is 26.7 Å². The van der Waals surface area contributed by atoms with E-state index in [1.165, 1.54) is 23.5 Å². The zero-order valence-electron chi connectivity index (χ0n) is 8.99. The first kappa shape index (κ1) is 11.4. The van der Waals surface area contributed by atoms with Gasteiger partial charge in [0.1, 0.15) is 0 Å². The van der Waals surface area contributed by atoms with Crippen LogP contribution in [0.4, 0.5) is 5.69 Å². The normalized spacial score (nSPS) is 10.8. The second-order valence-corrected chi connectivity index (χ2v) is 4.66. The minimum Gasteiger partial charge on any atom is -0.399 e. The van der Waals surface area contributed by atoms with Crippen molar-refractivity contribution < 1.29 is 0 Å². The van der Waals surface area contributed by atoms with E-state index in [2.05, 4.69) is 26.0 Å². The summed E-state index contributed by atoms with van der Waals surface area (Å²) in [6.45, 7) is 4.52. The Morgan fingerprint density at radius 2 is 1.71 bits per heavy atom. The van der Waals surface area contributed by atoms with Crippen LogP contribution in [-0.2, 0) is 0 Å². The molecule has 0 bridgehead atoms. The van der Waals surface area contributed by atoms with Crippen LogP contribution in [0.25, 0.3) is 0 Å². The standard InChI is InChI=1S/C12H19NS/c1-3-10(4-2)9-14-12-7-5-11(13)6-8-12/h5-8,10H,3-4,9,13H2,1-2H3. The molecule has 0 aliphatic heterocycles. The van der Waals surface area contributed by atoms with Crippen LogP contribution in [0.15, 0.2) is 29.2 Å². The molecule has 2 heteroatoms. The van der Waals surface area contributed by atoms with Crippen molar-refractivity contribution in [3.05, 3.63) is 24.3 Å². The summed E-state index contributed by atoms with van der Waals surface area (Å²) in [6, 6.07) is 8.13. The topological polar surface area (TPSA) is 26.0 Å². The molecule has 0 unspecified atom stereocenters. The molecule has 0 aromatic heterocycles. The van der Waals surface area contributed by atoms with E-state index in [4.69, 9.17) is 5.73 Å². The van der Waals surface area contributed by atoms with Gasteiger partial charge in [0.25, 0.3) is 0 Å². The Balaban J connectivity index is 2.41. The lowest BCUT2D eigenvalue weighted by Crippen LogP contribution is -1.99. The Bertz CT molecular complexity index is 252. The van der Waals surface area contributed by atoms with Crippen LogP contribution in [-0.4, -0.2) is 5.75 Å². The Kier molecular flexibility index (Phi) is 4.88. The lowest BCUT2D eigenvalue weighted by Gasteiger charge is -2.11. The zero-order chi connectivity index (χ0) is 10.4. The van der Waals surface area contributed by atoms with Crippen molar-refractivity contribution in [3.63, 3.8) is 0 Å². The molecule has 0 aliphatic carbocycles. The summed E-state index contributed by atoms with van der Waals surface area (Å²) in [5.41, 5.74) is 6.47. The molecular formula is C12H19NS. The minimum atomic E-state index is 0.844. The van der Waals surface area contributed by atoms with E-state index in [-0.39, 0.29) is 0 Å². The second-order valence-electron chi connectivity index (χ2n) is 3.56. The van der Waals surface area contributed by atoms with Gasteiger partial charge < -0.3 is 5.73 Å². The average molecular weight is 209 g/mol. The maximum absolute atomic E-state index is 5.63. The highest BCUT2D eigenvalue weighted by atomic mass is 32.2. The van der Waals surface area contributed by atoms with E-state index in [9.17, 15) is 0 Å². The molecule has 0 atom stereocenters. The van der Waals surface area contributed by atoms with Gasteiger partial charge in [-0.05, 0) is 30.2 Å². The van der Waals surface area contributed by atoms with E-state index < -0.39 is 0 Å². The molecular weight excluding hydrogens is 190 g/mol. The van der Waals surface area contributed by atoms with Crippen LogP contribution in [0.2, 0.25) is 0 Å². The predicted molar refractivity (Wildman–Crippen MR) is 65.7 cm³/mol. The molecule has 1 nitrogen and oxygen atoms in total. The molecule has 0 heterocycles. The van der Waals surface area contributed by atoms with E-state index in [1.807, 2.05) is 23.9 Å². The number of rotatable bonds is 5. The quantitative estimate of drug-likeness (QED) is 0.589. The number of nitrogens with two attached hydrogens (primary N) is 1. The van der Waals surface area contributed by atoms with Gasteiger partial charge in [-0.2, -0.15) is 0 Å². The predicted octanol–water partition coefficient (Wildman–Crippen LogP) is 3.80. The van der Waals surface area contributed by atoms with Crippen molar-refractivity contribution in [1.82, 2.24) is 0 Å². The first-order valence-electron chi connectivity index (χ1n) is 5.24. The lowest BCUT2D eigenvalue weighted by atomic mass is 10.1. The monoisotopic (exact) mass is 209 g/mol. The summed E-state index contributed by atoms with van der Waals surface area (Å²) in [5.74, 6) is 2.06. The SMILES string of the molecule is CCC(CC)CSc1ccc(N)cc1. The number of nitrogen functional groups attached to an aromatic ring is 1. The lowest BCUT2D eigenvalue weighted by molar-refractivity contribution is 0.554. The number of anilines is 1. The molecule has 14 heavy (non-hydrogen) atoms. The summed E-state index contributed by atoms with van der Waals surface area (Å²) in [5, 5.41) is 0. The molecule has 78 valence electrons. The van der Waals surface area contributed by atoms with Gasteiger partial charge in [0, 0.05) is 16.3 Å². The van der Waals surface area contributed by atoms with Gasteiger partial charge in [-0.25, -0.2) is 0 Å². The van der Waals surface area contributed by atoms with Crippen LogP contribution in [0, 0.1) is 5.92 Å². The number of hydrogen-bond acceptors (Lipinski definition) is 2. The molecule has 1 aromatic carbocycles. The minimum absolute atomic E-state index is 0.844. The Labute approximate surface area is 91.1 Å². The van der Waals surface area contributed by atoms with Gasteiger partial charge in [-0.3, -0.25) is 0 Å². The average Bonchev–Trinajstić information content (AvgIpc) is 2.22. The van der Waals surface area contributed by atoms with Gasteiger partial charge in [0.2, 0.25) is 0 Å². The fourth-order valence-corrected chi connectivity index (χ4v) is 2.53. The van der Waals surface area contributed by atoms with E-state index in [0.29, 0.717) is 0 Å². The highest BCUT2D eigenvalue weighted by Gasteiger charge is 2.03. The van der Waals surface area contributed by atoms with Crippen molar-refractivity contribution in [2.45, 2.75) is 31.6 Å². The number of hydrogen-bond donors (Lipinski definition) is 1. The molecule has 0 amide bonds. The maximum Gasteiger partial charge on any atom is 0.0314 e. The van der Waals surface area contributed by atoms with Crippen LogP contribution in [0.1, 0.15) is 26.7 Å². The summed E-state index contributed by atoms with van der Waals surface area (Å²) >= 11 is 1.93. The fourth-order valence-electron chi connectivity index (χ4n) is 1.30. The molecule has 0 fully saturated rings. The first-order chi connectivity index (χ1) is 6.76. The van der Waals surface area contributed by atoms with Crippen molar-refractivity contribution in [3.8, 4) is 0 Å². The first-order valence-corrected chi connectivity index (χ1v) is 6.23. The molecule has 1 rings (SSSR count).